The van der Waals surface area contributed by atoms with Gasteiger partial charge in [0.2, 0.25) is 0 Å². The maximum atomic E-state index is 13.6. The van der Waals surface area contributed by atoms with Crippen LogP contribution in [-0.2, 0) is 11.2 Å². The van der Waals surface area contributed by atoms with Crippen molar-refractivity contribution in [3.63, 3.8) is 0 Å². The van der Waals surface area contributed by atoms with Crippen LogP contribution in [-0.4, -0.2) is 11.7 Å². The fourth-order valence-electron chi connectivity index (χ4n) is 1.58. The highest BCUT2D eigenvalue weighted by Crippen LogP contribution is 2.30. The third kappa shape index (κ3) is 1.23. The molecular weight excluding hydrogens is 204 g/mol. The third-order valence-corrected chi connectivity index (χ3v) is 2.36. The maximum absolute atomic E-state index is 13.6. The number of carbonyl (C=O) groups is 2. The van der Waals surface area contributed by atoms with E-state index in [0.717, 1.165) is 6.07 Å². The Morgan fingerprint density at radius 1 is 1.33 bits per heavy atom. The van der Waals surface area contributed by atoms with Gasteiger partial charge in [0.25, 0.3) is 11.7 Å². The molecule has 0 fully saturated rings. The van der Waals surface area contributed by atoms with Crippen molar-refractivity contribution in [2.75, 3.05) is 5.32 Å². The lowest BCUT2D eigenvalue weighted by Crippen LogP contribution is -2.12. The van der Waals surface area contributed by atoms with Crippen LogP contribution in [0.1, 0.15) is 22.8 Å². The SMILES string of the molecule is CCc1c(F)cc2c(c1F)NC(=O)C2=O. The van der Waals surface area contributed by atoms with Gasteiger partial charge in [-0.05, 0) is 12.5 Å². The van der Waals surface area contributed by atoms with Crippen molar-refractivity contribution in [1.82, 2.24) is 0 Å². The minimum absolute atomic E-state index is 0.122. The molecule has 0 saturated heterocycles. The summed E-state index contributed by atoms with van der Waals surface area (Å²) in [4.78, 5) is 22.1. The molecule has 1 heterocycles. The summed E-state index contributed by atoms with van der Waals surface area (Å²) >= 11 is 0. The van der Waals surface area contributed by atoms with E-state index < -0.39 is 23.3 Å². The van der Waals surface area contributed by atoms with Crippen molar-refractivity contribution in [3.05, 3.63) is 28.8 Å². The van der Waals surface area contributed by atoms with E-state index in [2.05, 4.69) is 5.32 Å². The Balaban J connectivity index is 2.72. The minimum atomic E-state index is -0.920. The van der Waals surface area contributed by atoms with Crippen LogP contribution in [0, 0.1) is 11.6 Å². The lowest BCUT2D eigenvalue weighted by atomic mass is 10.0. The van der Waals surface area contributed by atoms with Gasteiger partial charge in [0.15, 0.2) is 5.82 Å². The molecule has 1 amide bonds. The number of anilines is 1. The summed E-state index contributed by atoms with van der Waals surface area (Å²) in [7, 11) is 0. The number of carbonyl (C=O) groups excluding carboxylic acids is 2. The normalized spacial score (nSPS) is 14.1. The Morgan fingerprint density at radius 3 is 2.60 bits per heavy atom. The second-order valence-corrected chi connectivity index (χ2v) is 3.21. The number of halogens is 2. The molecule has 2 rings (SSSR count). The Bertz CT molecular complexity index is 483. The molecule has 0 unspecified atom stereocenters. The van der Waals surface area contributed by atoms with Crippen LogP contribution in [0.25, 0.3) is 0 Å². The van der Waals surface area contributed by atoms with Gasteiger partial charge in [-0.1, -0.05) is 6.92 Å². The second kappa shape index (κ2) is 3.12. The number of benzene rings is 1. The van der Waals surface area contributed by atoms with E-state index in [1.165, 1.54) is 0 Å². The Hall–Kier alpha value is -1.78. The van der Waals surface area contributed by atoms with Crippen LogP contribution >= 0.6 is 0 Å². The first kappa shape index (κ1) is 9.76. The van der Waals surface area contributed by atoms with Crippen molar-refractivity contribution in [2.24, 2.45) is 0 Å². The summed E-state index contributed by atoms with van der Waals surface area (Å²) in [6, 6.07) is 0.900. The molecule has 1 aliphatic heterocycles. The quantitative estimate of drug-likeness (QED) is 0.718. The zero-order chi connectivity index (χ0) is 11.2. The number of hydrogen-bond acceptors (Lipinski definition) is 2. The molecule has 1 aliphatic rings. The largest absolute Gasteiger partial charge is 0.316 e. The molecule has 0 atom stereocenters. The zero-order valence-corrected chi connectivity index (χ0v) is 7.86. The van der Waals surface area contributed by atoms with Crippen molar-refractivity contribution < 1.29 is 18.4 Å². The molecule has 1 N–H and O–H groups in total. The molecule has 0 aliphatic carbocycles. The number of rotatable bonds is 1. The van der Waals surface area contributed by atoms with E-state index in [-0.39, 0.29) is 23.2 Å². The van der Waals surface area contributed by atoms with Gasteiger partial charge in [-0.3, -0.25) is 9.59 Å². The molecule has 1 aromatic rings. The van der Waals surface area contributed by atoms with E-state index in [4.69, 9.17) is 0 Å². The van der Waals surface area contributed by atoms with Crippen LogP contribution in [0.3, 0.4) is 0 Å². The monoisotopic (exact) mass is 211 g/mol. The summed E-state index contributed by atoms with van der Waals surface area (Å²) in [6.45, 7) is 1.59. The van der Waals surface area contributed by atoms with E-state index >= 15 is 0 Å². The summed E-state index contributed by atoms with van der Waals surface area (Å²) in [5.74, 6) is -3.47. The number of hydrogen-bond donors (Lipinski definition) is 1. The van der Waals surface area contributed by atoms with E-state index in [9.17, 15) is 18.4 Å². The van der Waals surface area contributed by atoms with E-state index in [1.54, 1.807) is 6.92 Å². The van der Waals surface area contributed by atoms with Crippen LogP contribution in [0.15, 0.2) is 6.07 Å². The van der Waals surface area contributed by atoms with Crippen LogP contribution in [0.4, 0.5) is 14.5 Å². The van der Waals surface area contributed by atoms with Crippen molar-refractivity contribution in [2.45, 2.75) is 13.3 Å². The van der Waals surface area contributed by atoms with E-state index in [0.29, 0.717) is 0 Å². The van der Waals surface area contributed by atoms with Gasteiger partial charge in [-0.25, -0.2) is 8.78 Å². The number of Topliss-reactive ketones (excluding diaryl/α,β-unsaturated/α-hetero) is 1. The Kier molecular flexibility index (Phi) is 2.03. The lowest BCUT2D eigenvalue weighted by Gasteiger charge is -2.05. The molecule has 0 aromatic heterocycles. The van der Waals surface area contributed by atoms with Crippen molar-refractivity contribution in [3.8, 4) is 0 Å². The van der Waals surface area contributed by atoms with Gasteiger partial charge in [0, 0.05) is 5.56 Å². The number of amides is 1. The van der Waals surface area contributed by atoms with Crippen LogP contribution < -0.4 is 5.32 Å². The summed E-state index contributed by atoms with van der Waals surface area (Å²) in [5, 5.41) is 2.09. The zero-order valence-electron chi connectivity index (χ0n) is 7.86. The standard InChI is InChI=1S/C10H7F2NO2/c1-2-4-6(11)3-5-8(7(4)12)13-10(15)9(5)14/h3H,2H2,1H3,(H,13,14,15). The van der Waals surface area contributed by atoms with Gasteiger partial charge in [0.1, 0.15) is 5.82 Å². The van der Waals surface area contributed by atoms with Crippen molar-refractivity contribution in [1.29, 1.82) is 0 Å². The molecule has 0 spiro atoms. The first-order valence-electron chi connectivity index (χ1n) is 4.42. The molecule has 1 aromatic carbocycles. The minimum Gasteiger partial charge on any atom is -0.316 e. The number of ketones is 1. The Labute approximate surface area is 84.1 Å². The summed E-state index contributed by atoms with van der Waals surface area (Å²) in [6.07, 6.45) is 0.162. The highest BCUT2D eigenvalue weighted by molar-refractivity contribution is 6.51. The number of nitrogens with one attached hydrogen (secondary N) is 1. The topological polar surface area (TPSA) is 46.2 Å². The molecular formula is C10H7F2NO2. The van der Waals surface area contributed by atoms with E-state index in [1.807, 2.05) is 0 Å². The van der Waals surface area contributed by atoms with Gasteiger partial charge in [-0.15, -0.1) is 0 Å². The molecule has 0 radical (unpaired) electrons. The molecule has 0 bridgehead atoms. The first-order chi connectivity index (χ1) is 7.06. The predicted octanol–water partition coefficient (Wildman–Crippen LogP) is 1.66. The maximum Gasteiger partial charge on any atom is 0.296 e. The van der Waals surface area contributed by atoms with Crippen molar-refractivity contribution >= 4 is 17.4 Å². The van der Waals surface area contributed by atoms with Gasteiger partial charge >= 0.3 is 0 Å². The Morgan fingerprint density at radius 2 is 2.00 bits per heavy atom. The average molecular weight is 211 g/mol. The van der Waals surface area contributed by atoms with Gasteiger partial charge in [0.05, 0.1) is 11.3 Å². The smallest absolute Gasteiger partial charge is 0.296 e. The third-order valence-electron chi connectivity index (χ3n) is 2.36. The fraction of sp³-hybridized carbons (Fsp3) is 0.200. The molecule has 15 heavy (non-hydrogen) atoms. The van der Waals surface area contributed by atoms with Crippen LogP contribution in [0.5, 0.6) is 0 Å². The molecule has 0 saturated carbocycles. The highest BCUT2D eigenvalue weighted by atomic mass is 19.1. The molecule has 78 valence electrons. The number of fused-ring (bicyclic) bond motifs is 1. The summed E-state index contributed by atoms with van der Waals surface area (Å²) < 4.78 is 26.8. The molecule has 5 heteroatoms. The first-order valence-corrected chi connectivity index (χ1v) is 4.42. The summed E-state index contributed by atoms with van der Waals surface area (Å²) in [5.41, 5.74) is -0.556. The predicted molar refractivity (Wildman–Crippen MR) is 48.7 cm³/mol. The lowest BCUT2D eigenvalue weighted by molar-refractivity contribution is -0.112. The second-order valence-electron chi connectivity index (χ2n) is 3.21. The average Bonchev–Trinajstić information content (AvgIpc) is 2.46. The fourth-order valence-corrected chi connectivity index (χ4v) is 1.58. The highest BCUT2D eigenvalue weighted by Gasteiger charge is 2.32. The van der Waals surface area contributed by atoms with Gasteiger partial charge < -0.3 is 5.32 Å². The molecule has 3 nitrogen and oxygen atoms in total. The van der Waals surface area contributed by atoms with Crippen LogP contribution in [0.2, 0.25) is 0 Å². The van der Waals surface area contributed by atoms with Gasteiger partial charge in [-0.2, -0.15) is 0 Å².